The second-order valence-corrected chi connectivity index (χ2v) is 6.03. The van der Waals surface area contributed by atoms with Gasteiger partial charge in [0, 0.05) is 6.54 Å². The van der Waals surface area contributed by atoms with Crippen LogP contribution in [-0.2, 0) is 6.54 Å². The minimum Gasteiger partial charge on any atom is -0.495 e. The number of rotatable bonds is 12. The number of unbranched alkanes of at least 4 members (excludes halogenated alkanes) is 7. The molecule has 3 heteroatoms. The summed E-state index contributed by atoms with van der Waals surface area (Å²) in [6.45, 7) is 4.22. The molecule has 0 aromatic heterocycles. The fourth-order valence-electron chi connectivity index (χ4n) is 2.44. The second-order valence-electron chi connectivity index (χ2n) is 5.62. The molecule has 0 amide bonds. The molecule has 1 aromatic rings. The van der Waals surface area contributed by atoms with Crippen molar-refractivity contribution in [2.75, 3.05) is 13.7 Å². The van der Waals surface area contributed by atoms with E-state index in [9.17, 15) is 0 Å². The van der Waals surface area contributed by atoms with Crippen LogP contribution in [0.3, 0.4) is 0 Å². The summed E-state index contributed by atoms with van der Waals surface area (Å²) in [6, 6.07) is 5.96. The molecule has 0 saturated carbocycles. The summed E-state index contributed by atoms with van der Waals surface area (Å²) < 4.78 is 5.15. The smallest absolute Gasteiger partial charge is 0.137 e. The fourth-order valence-corrected chi connectivity index (χ4v) is 2.72. The standard InChI is InChI=1S/C18H30ClNO/c1-3-4-5-6-7-8-9-10-13-20-15-16-11-12-18(21-2)17(19)14-16/h11-12,14,20H,3-10,13,15H2,1-2H3. The molecule has 0 spiro atoms. The van der Waals surface area contributed by atoms with Crippen LogP contribution >= 0.6 is 11.6 Å². The van der Waals surface area contributed by atoms with Gasteiger partial charge < -0.3 is 10.1 Å². The Bertz CT molecular complexity index is 381. The first-order chi connectivity index (χ1) is 10.3. The van der Waals surface area contributed by atoms with Gasteiger partial charge in [0.2, 0.25) is 0 Å². The zero-order chi connectivity index (χ0) is 15.3. The highest BCUT2D eigenvalue weighted by molar-refractivity contribution is 6.32. The van der Waals surface area contributed by atoms with Gasteiger partial charge in [-0.15, -0.1) is 0 Å². The minimum atomic E-state index is 0.684. The van der Waals surface area contributed by atoms with Crippen LogP contribution in [0.1, 0.15) is 63.9 Å². The molecule has 0 aliphatic heterocycles. The van der Waals surface area contributed by atoms with Gasteiger partial charge in [0.05, 0.1) is 12.1 Å². The molecule has 0 saturated heterocycles. The van der Waals surface area contributed by atoms with Crippen LogP contribution < -0.4 is 10.1 Å². The summed E-state index contributed by atoms with van der Waals surface area (Å²) in [5, 5.41) is 4.16. The number of ether oxygens (including phenoxy) is 1. The number of hydrogen-bond donors (Lipinski definition) is 1. The normalized spacial score (nSPS) is 10.8. The summed E-state index contributed by atoms with van der Waals surface area (Å²) in [4.78, 5) is 0. The zero-order valence-corrected chi connectivity index (χ0v) is 14.3. The van der Waals surface area contributed by atoms with Gasteiger partial charge in [-0.2, -0.15) is 0 Å². The molecule has 0 aliphatic rings. The van der Waals surface area contributed by atoms with Crippen molar-refractivity contribution in [2.45, 2.75) is 64.8 Å². The predicted molar refractivity (Wildman–Crippen MR) is 92.3 cm³/mol. The Morgan fingerprint density at radius 1 is 1.00 bits per heavy atom. The maximum Gasteiger partial charge on any atom is 0.137 e. The van der Waals surface area contributed by atoms with Gasteiger partial charge in [-0.3, -0.25) is 0 Å². The Morgan fingerprint density at radius 3 is 2.29 bits per heavy atom. The van der Waals surface area contributed by atoms with Gasteiger partial charge >= 0.3 is 0 Å². The lowest BCUT2D eigenvalue weighted by Gasteiger charge is -2.08. The first-order valence-electron chi connectivity index (χ1n) is 8.31. The first kappa shape index (κ1) is 18.3. The largest absolute Gasteiger partial charge is 0.495 e. The van der Waals surface area contributed by atoms with Gasteiger partial charge in [-0.25, -0.2) is 0 Å². The van der Waals surface area contributed by atoms with Crippen LogP contribution in [0.25, 0.3) is 0 Å². The van der Waals surface area contributed by atoms with Gasteiger partial charge in [-0.05, 0) is 30.7 Å². The van der Waals surface area contributed by atoms with E-state index in [0.29, 0.717) is 5.02 Å². The van der Waals surface area contributed by atoms with E-state index in [2.05, 4.69) is 18.3 Å². The summed E-state index contributed by atoms with van der Waals surface area (Å²) in [5.74, 6) is 0.739. The zero-order valence-electron chi connectivity index (χ0n) is 13.6. The molecule has 120 valence electrons. The summed E-state index contributed by atoms with van der Waals surface area (Å²) in [5.41, 5.74) is 1.21. The maximum absolute atomic E-state index is 6.11. The van der Waals surface area contributed by atoms with Gasteiger partial charge in [-0.1, -0.05) is 69.5 Å². The SMILES string of the molecule is CCCCCCCCCCNCc1ccc(OC)c(Cl)c1. The predicted octanol–water partition coefficient (Wildman–Crippen LogP) is 5.58. The van der Waals surface area contributed by atoms with Crippen molar-refractivity contribution in [3.8, 4) is 5.75 Å². The van der Waals surface area contributed by atoms with Crippen LogP contribution in [0.5, 0.6) is 5.75 Å². The summed E-state index contributed by atoms with van der Waals surface area (Å²) in [7, 11) is 1.64. The van der Waals surface area contributed by atoms with Crippen LogP contribution in [0.4, 0.5) is 0 Å². The molecule has 2 nitrogen and oxygen atoms in total. The molecule has 0 radical (unpaired) electrons. The topological polar surface area (TPSA) is 21.3 Å². The van der Waals surface area contributed by atoms with E-state index in [1.807, 2.05) is 12.1 Å². The van der Waals surface area contributed by atoms with Crippen molar-refractivity contribution in [3.63, 3.8) is 0 Å². The van der Waals surface area contributed by atoms with Crippen molar-refractivity contribution in [1.29, 1.82) is 0 Å². The molecule has 1 aromatic carbocycles. The molecule has 0 bridgehead atoms. The maximum atomic E-state index is 6.11. The Morgan fingerprint density at radius 2 is 1.67 bits per heavy atom. The molecule has 0 aliphatic carbocycles. The van der Waals surface area contributed by atoms with Crippen molar-refractivity contribution < 1.29 is 4.74 Å². The molecule has 0 heterocycles. The van der Waals surface area contributed by atoms with Gasteiger partial charge in [0.15, 0.2) is 0 Å². The molecule has 0 atom stereocenters. The van der Waals surface area contributed by atoms with E-state index in [0.717, 1.165) is 18.8 Å². The highest BCUT2D eigenvalue weighted by Crippen LogP contribution is 2.24. The molecule has 1 N–H and O–H groups in total. The fraction of sp³-hybridized carbons (Fsp3) is 0.667. The number of hydrogen-bond acceptors (Lipinski definition) is 2. The van der Waals surface area contributed by atoms with E-state index in [4.69, 9.17) is 16.3 Å². The lowest BCUT2D eigenvalue weighted by molar-refractivity contribution is 0.415. The monoisotopic (exact) mass is 311 g/mol. The molecule has 1 rings (SSSR count). The van der Waals surface area contributed by atoms with E-state index in [1.54, 1.807) is 7.11 Å². The van der Waals surface area contributed by atoms with Gasteiger partial charge in [0.1, 0.15) is 5.75 Å². The summed E-state index contributed by atoms with van der Waals surface area (Å²) in [6.07, 6.45) is 10.9. The molecule has 21 heavy (non-hydrogen) atoms. The van der Waals surface area contributed by atoms with Crippen LogP contribution in [0.15, 0.2) is 18.2 Å². The average Bonchev–Trinajstić information content (AvgIpc) is 2.49. The quantitative estimate of drug-likeness (QED) is 0.509. The minimum absolute atomic E-state index is 0.684. The first-order valence-corrected chi connectivity index (χ1v) is 8.69. The van der Waals surface area contributed by atoms with E-state index < -0.39 is 0 Å². The summed E-state index contributed by atoms with van der Waals surface area (Å²) >= 11 is 6.11. The van der Waals surface area contributed by atoms with E-state index in [1.165, 1.54) is 56.9 Å². The Balaban J connectivity index is 2.00. The average molecular weight is 312 g/mol. The van der Waals surface area contributed by atoms with Crippen molar-refractivity contribution >= 4 is 11.6 Å². The van der Waals surface area contributed by atoms with Crippen LogP contribution in [-0.4, -0.2) is 13.7 Å². The Hall–Kier alpha value is -0.730. The highest BCUT2D eigenvalue weighted by Gasteiger charge is 2.01. The Labute approximate surface area is 135 Å². The van der Waals surface area contributed by atoms with Crippen molar-refractivity contribution in [2.24, 2.45) is 0 Å². The third-order valence-electron chi connectivity index (χ3n) is 3.75. The lowest BCUT2D eigenvalue weighted by Crippen LogP contribution is -2.14. The number of methoxy groups -OCH3 is 1. The van der Waals surface area contributed by atoms with Gasteiger partial charge in [0.25, 0.3) is 0 Å². The number of nitrogens with one attached hydrogen (secondary N) is 1. The molecular weight excluding hydrogens is 282 g/mol. The second kappa shape index (κ2) is 11.9. The highest BCUT2D eigenvalue weighted by atomic mass is 35.5. The van der Waals surface area contributed by atoms with Crippen LogP contribution in [0.2, 0.25) is 5.02 Å². The number of halogens is 1. The van der Waals surface area contributed by atoms with Crippen molar-refractivity contribution in [1.82, 2.24) is 5.32 Å². The van der Waals surface area contributed by atoms with Crippen LogP contribution in [0, 0.1) is 0 Å². The third-order valence-corrected chi connectivity index (χ3v) is 4.05. The number of benzene rings is 1. The molecular formula is C18H30ClNO. The van der Waals surface area contributed by atoms with E-state index in [-0.39, 0.29) is 0 Å². The molecule has 0 unspecified atom stereocenters. The Kier molecular flexibility index (Phi) is 10.4. The third kappa shape index (κ3) is 8.33. The lowest BCUT2D eigenvalue weighted by atomic mass is 10.1. The van der Waals surface area contributed by atoms with Crippen molar-refractivity contribution in [3.05, 3.63) is 28.8 Å². The van der Waals surface area contributed by atoms with E-state index >= 15 is 0 Å². The molecule has 0 fully saturated rings.